The van der Waals surface area contributed by atoms with Crippen molar-refractivity contribution in [3.8, 4) is 17.3 Å². The summed E-state index contributed by atoms with van der Waals surface area (Å²) in [6.07, 6.45) is 3.18. The topological polar surface area (TPSA) is 78.9 Å². The van der Waals surface area contributed by atoms with Gasteiger partial charge < -0.3 is 9.26 Å². The second-order valence-corrected chi connectivity index (χ2v) is 5.37. The van der Waals surface area contributed by atoms with E-state index in [0.29, 0.717) is 24.0 Å². The molecule has 7 heteroatoms. The fraction of sp³-hybridized carbons (Fsp3) is 0.375. The zero-order valence-electron chi connectivity index (χ0n) is 13.7. The Balaban J connectivity index is 1.71. The maximum absolute atomic E-state index is 5.34. The molecule has 0 aliphatic rings. The third kappa shape index (κ3) is 3.08. The molecule has 7 nitrogen and oxygen atoms in total. The summed E-state index contributed by atoms with van der Waals surface area (Å²) >= 11 is 0. The number of hydrogen-bond donors (Lipinski definition) is 0. The van der Waals surface area contributed by atoms with Crippen LogP contribution in [0.3, 0.4) is 0 Å². The Morgan fingerprint density at radius 1 is 1.22 bits per heavy atom. The number of ether oxygens (including phenoxy) is 1. The minimum atomic E-state index is 0.537. The molecule has 0 N–H and O–H groups in total. The third-order valence-corrected chi connectivity index (χ3v) is 3.92. The van der Waals surface area contributed by atoms with Crippen LogP contribution in [0.4, 0.5) is 0 Å². The van der Waals surface area contributed by atoms with Crippen molar-refractivity contribution in [1.29, 1.82) is 0 Å². The average molecular weight is 313 g/mol. The molecule has 120 valence electrons. The number of pyridine rings is 1. The number of rotatable bonds is 5. The van der Waals surface area contributed by atoms with Gasteiger partial charge in [-0.2, -0.15) is 10.1 Å². The van der Waals surface area contributed by atoms with E-state index >= 15 is 0 Å². The van der Waals surface area contributed by atoms with E-state index in [1.807, 2.05) is 24.7 Å². The molecule has 0 radical (unpaired) electrons. The lowest BCUT2D eigenvalue weighted by Gasteiger charge is -1.99. The molecule has 23 heavy (non-hydrogen) atoms. The van der Waals surface area contributed by atoms with Gasteiger partial charge in [-0.25, -0.2) is 4.98 Å². The summed E-state index contributed by atoms with van der Waals surface area (Å²) in [6, 6.07) is 3.63. The molecule has 3 heterocycles. The Bertz CT molecular complexity index is 804. The van der Waals surface area contributed by atoms with E-state index in [-0.39, 0.29) is 0 Å². The highest BCUT2D eigenvalue weighted by molar-refractivity contribution is 5.53. The van der Waals surface area contributed by atoms with Gasteiger partial charge in [0.05, 0.1) is 12.8 Å². The van der Waals surface area contributed by atoms with Crippen LogP contribution in [0.5, 0.6) is 5.88 Å². The first-order chi connectivity index (χ1) is 11.1. The van der Waals surface area contributed by atoms with Gasteiger partial charge in [-0.05, 0) is 31.9 Å². The van der Waals surface area contributed by atoms with Crippen LogP contribution < -0.4 is 4.74 Å². The summed E-state index contributed by atoms with van der Waals surface area (Å²) in [5.74, 6) is 1.70. The predicted octanol–water partition coefficient (Wildman–Crippen LogP) is 2.28. The van der Waals surface area contributed by atoms with Gasteiger partial charge >= 0.3 is 0 Å². The summed E-state index contributed by atoms with van der Waals surface area (Å²) in [5.41, 5.74) is 4.25. The number of aromatic nitrogens is 5. The van der Waals surface area contributed by atoms with Crippen molar-refractivity contribution in [2.24, 2.45) is 7.05 Å². The number of nitrogens with zero attached hydrogens (tertiary/aromatic N) is 5. The molecule has 0 aromatic carbocycles. The van der Waals surface area contributed by atoms with Gasteiger partial charge in [0, 0.05) is 37.0 Å². The van der Waals surface area contributed by atoms with Crippen LogP contribution in [-0.4, -0.2) is 32.0 Å². The number of methoxy groups -OCH3 is 1. The normalized spacial score (nSPS) is 11.0. The molecule has 3 aromatic heterocycles. The minimum absolute atomic E-state index is 0.537. The molecule has 0 unspecified atom stereocenters. The lowest BCUT2D eigenvalue weighted by atomic mass is 10.1. The Hall–Kier alpha value is -2.70. The largest absolute Gasteiger partial charge is 0.481 e. The van der Waals surface area contributed by atoms with Gasteiger partial charge in [0.1, 0.15) is 0 Å². The maximum Gasteiger partial charge on any atom is 0.227 e. The molecule has 0 atom stereocenters. The Kier molecular flexibility index (Phi) is 4.10. The number of hydrogen-bond acceptors (Lipinski definition) is 6. The molecule has 0 amide bonds. The molecular weight excluding hydrogens is 294 g/mol. The van der Waals surface area contributed by atoms with E-state index < -0.39 is 0 Å². The zero-order valence-corrected chi connectivity index (χ0v) is 13.7. The number of aryl methyl sites for hydroxylation is 3. The lowest BCUT2D eigenvalue weighted by Crippen LogP contribution is -1.96. The quantitative estimate of drug-likeness (QED) is 0.719. The molecule has 0 aliphatic heterocycles. The molecule has 3 aromatic rings. The van der Waals surface area contributed by atoms with E-state index in [4.69, 9.17) is 9.26 Å². The molecule has 0 saturated carbocycles. The zero-order chi connectivity index (χ0) is 16.4. The van der Waals surface area contributed by atoms with E-state index in [1.54, 1.807) is 19.4 Å². The van der Waals surface area contributed by atoms with E-state index in [1.165, 1.54) is 11.3 Å². The van der Waals surface area contributed by atoms with E-state index in [9.17, 15) is 0 Å². The lowest BCUT2D eigenvalue weighted by molar-refractivity contribution is 0.378. The Morgan fingerprint density at radius 3 is 2.65 bits per heavy atom. The van der Waals surface area contributed by atoms with Crippen LogP contribution in [-0.2, 0) is 19.9 Å². The smallest absolute Gasteiger partial charge is 0.227 e. The fourth-order valence-corrected chi connectivity index (χ4v) is 2.52. The summed E-state index contributed by atoms with van der Waals surface area (Å²) < 4.78 is 12.3. The van der Waals surface area contributed by atoms with E-state index in [0.717, 1.165) is 17.7 Å². The highest BCUT2D eigenvalue weighted by atomic mass is 16.5. The van der Waals surface area contributed by atoms with Crippen LogP contribution in [0, 0.1) is 13.8 Å². The van der Waals surface area contributed by atoms with Crippen molar-refractivity contribution in [2.45, 2.75) is 26.7 Å². The highest BCUT2D eigenvalue weighted by Gasteiger charge is 2.13. The molecule has 0 spiro atoms. The van der Waals surface area contributed by atoms with E-state index in [2.05, 4.69) is 27.1 Å². The summed E-state index contributed by atoms with van der Waals surface area (Å²) in [6.45, 7) is 4.09. The highest BCUT2D eigenvalue weighted by Crippen LogP contribution is 2.19. The van der Waals surface area contributed by atoms with Gasteiger partial charge in [0.25, 0.3) is 0 Å². The van der Waals surface area contributed by atoms with Crippen LogP contribution >= 0.6 is 0 Å². The average Bonchev–Trinajstić information content (AvgIpc) is 3.12. The first kappa shape index (κ1) is 15.2. The fourth-order valence-electron chi connectivity index (χ4n) is 2.52. The molecule has 0 aliphatic carbocycles. The molecule has 0 saturated heterocycles. The summed E-state index contributed by atoms with van der Waals surface area (Å²) in [5, 5.41) is 8.44. The first-order valence-electron chi connectivity index (χ1n) is 7.40. The van der Waals surface area contributed by atoms with Crippen LogP contribution in [0.1, 0.15) is 22.8 Å². The van der Waals surface area contributed by atoms with Gasteiger partial charge in [-0.1, -0.05) is 5.16 Å². The first-order valence-corrected chi connectivity index (χ1v) is 7.40. The van der Waals surface area contributed by atoms with Crippen molar-refractivity contribution < 1.29 is 9.26 Å². The van der Waals surface area contributed by atoms with Gasteiger partial charge in [0.2, 0.25) is 17.6 Å². The Morgan fingerprint density at radius 2 is 2.04 bits per heavy atom. The monoisotopic (exact) mass is 313 g/mol. The van der Waals surface area contributed by atoms with Crippen LogP contribution in [0.15, 0.2) is 22.9 Å². The van der Waals surface area contributed by atoms with Crippen molar-refractivity contribution in [2.75, 3.05) is 7.11 Å². The Labute approximate surface area is 134 Å². The second-order valence-electron chi connectivity index (χ2n) is 5.37. The van der Waals surface area contributed by atoms with Crippen molar-refractivity contribution >= 4 is 0 Å². The molecule has 0 bridgehead atoms. The van der Waals surface area contributed by atoms with Crippen LogP contribution in [0.25, 0.3) is 11.4 Å². The third-order valence-electron chi connectivity index (χ3n) is 3.92. The molecular formula is C16H19N5O2. The molecule has 3 rings (SSSR count). The summed E-state index contributed by atoms with van der Waals surface area (Å²) in [7, 11) is 3.53. The van der Waals surface area contributed by atoms with Crippen molar-refractivity contribution in [1.82, 2.24) is 24.9 Å². The minimum Gasteiger partial charge on any atom is -0.481 e. The predicted molar refractivity (Wildman–Crippen MR) is 84.2 cm³/mol. The molecule has 0 fully saturated rings. The van der Waals surface area contributed by atoms with Gasteiger partial charge in [-0.3, -0.25) is 4.68 Å². The maximum atomic E-state index is 5.34. The SMILES string of the molecule is COc1ccc(-c2noc(CCc3c(C)nn(C)c3C)n2)cn1. The standard InChI is InChI=1S/C16H19N5O2/c1-10-13(11(2)21(3)19-10)6-8-15-18-16(20-23-15)12-5-7-14(22-4)17-9-12/h5,7,9H,6,8H2,1-4H3. The summed E-state index contributed by atoms with van der Waals surface area (Å²) in [4.78, 5) is 8.58. The van der Waals surface area contributed by atoms with Crippen molar-refractivity contribution in [3.63, 3.8) is 0 Å². The van der Waals surface area contributed by atoms with Gasteiger partial charge in [-0.15, -0.1) is 0 Å². The second kappa shape index (κ2) is 6.20. The van der Waals surface area contributed by atoms with Crippen LogP contribution in [0.2, 0.25) is 0 Å². The van der Waals surface area contributed by atoms with Gasteiger partial charge in [0.15, 0.2) is 0 Å². The van der Waals surface area contributed by atoms with Crippen molar-refractivity contribution in [3.05, 3.63) is 41.2 Å².